The molecule has 122 valence electrons. The Hall–Kier alpha value is -2.37. The van der Waals surface area contributed by atoms with Gasteiger partial charge in [0.25, 0.3) is 5.56 Å². The van der Waals surface area contributed by atoms with Crippen molar-refractivity contribution in [1.29, 1.82) is 0 Å². The van der Waals surface area contributed by atoms with Gasteiger partial charge in [0.1, 0.15) is 0 Å². The highest BCUT2D eigenvalue weighted by Crippen LogP contribution is 2.27. The molecule has 1 saturated carbocycles. The fraction of sp³-hybridized carbons (Fsp3) is 0.471. The molecule has 1 aliphatic carbocycles. The molecule has 6 nitrogen and oxygen atoms in total. The minimum Gasteiger partial charge on any atom is -0.353 e. The first kappa shape index (κ1) is 15.5. The molecule has 2 aromatic rings. The van der Waals surface area contributed by atoms with Crippen molar-refractivity contribution >= 4 is 5.91 Å². The number of rotatable bonds is 5. The molecule has 0 aromatic carbocycles. The van der Waals surface area contributed by atoms with Gasteiger partial charge in [0.05, 0.1) is 6.04 Å². The van der Waals surface area contributed by atoms with E-state index in [9.17, 15) is 9.59 Å². The second-order valence-corrected chi connectivity index (χ2v) is 6.04. The van der Waals surface area contributed by atoms with E-state index in [1.54, 1.807) is 29.1 Å². The highest BCUT2D eigenvalue weighted by Gasteiger charge is 2.23. The van der Waals surface area contributed by atoms with Gasteiger partial charge in [-0.2, -0.15) is 5.10 Å². The number of amides is 1. The Balaban J connectivity index is 1.43. The van der Waals surface area contributed by atoms with E-state index >= 15 is 0 Å². The summed E-state index contributed by atoms with van der Waals surface area (Å²) in [5, 5.41) is 7.38. The second-order valence-electron chi connectivity index (χ2n) is 6.04. The first-order valence-corrected chi connectivity index (χ1v) is 8.16. The number of nitrogens with one attached hydrogen (secondary N) is 1. The summed E-state index contributed by atoms with van der Waals surface area (Å²) in [6.45, 7) is 0.425. The molecule has 0 radical (unpaired) electrons. The van der Waals surface area contributed by atoms with Gasteiger partial charge in [-0.25, -0.2) is 0 Å². The van der Waals surface area contributed by atoms with Gasteiger partial charge < -0.3 is 9.88 Å². The molecule has 2 aromatic heterocycles. The van der Waals surface area contributed by atoms with E-state index in [1.165, 1.54) is 6.07 Å². The monoisotopic (exact) mass is 314 g/mol. The van der Waals surface area contributed by atoms with Gasteiger partial charge >= 0.3 is 0 Å². The zero-order valence-corrected chi connectivity index (χ0v) is 13.1. The average molecular weight is 314 g/mol. The molecule has 23 heavy (non-hydrogen) atoms. The van der Waals surface area contributed by atoms with E-state index in [2.05, 4.69) is 10.4 Å². The minimum absolute atomic E-state index is 0.0169. The standard InChI is InChI=1S/C17H22N4O2/c22-16(9-13-20-11-2-1-4-17(20)23)19-14-5-7-15(8-6-14)21-12-3-10-18-21/h1-4,10-12,14-15H,5-9,13H2,(H,19,22). The number of hydrogen-bond acceptors (Lipinski definition) is 3. The number of aromatic nitrogens is 3. The average Bonchev–Trinajstić information content (AvgIpc) is 3.09. The molecule has 1 fully saturated rings. The van der Waals surface area contributed by atoms with Gasteiger partial charge in [-0.15, -0.1) is 0 Å². The largest absolute Gasteiger partial charge is 0.353 e. The van der Waals surface area contributed by atoms with Crippen molar-refractivity contribution < 1.29 is 4.79 Å². The predicted octanol–water partition coefficient (Wildman–Crippen LogP) is 1.73. The Morgan fingerprint density at radius 1 is 1.17 bits per heavy atom. The number of carbonyl (C=O) groups excluding carboxylic acids is 1. The number of pyridine rings is 1. The lowest BCUT2D eigenvalue weighted by molar-refractivity contribution is -0.122. The molecule has 0 saturated heterocycles. The van der Waals surface area contributed by atoms with Crippen LogP contribution in [0.3, 0.4) is 0 Å². The maximum Gasteiger partial charge on any atom is 0.250 e. The molecular weight excluding hydrogens is 292 g/mol. The van der Waals surface area contributed by atoms with Crippen LogP contribution >= 0.6 is 0 Å². The van der Waals surface area contributed by atoms with Crippen LogP contribution in [-0.2, 0) is 11.3 Å². The lowest BCUT2D eigenvalue weighted by atomic mass is 9.91. The third kappa shape index (κ3) is 4.09. The van der Waals surface area contributed by atoms with E-state index in [1.807, 2.05) is 16.9 Å². The van der Waals surface area contributed by atoms with Crippen LogP contribution in [-0.4, -0.2) is 26.3 Å². The molecule has 0 bridgehead atoms. The first-order valence-electron chi connectivity index (χ1n) is 8.16. The second kappa shape index (κ2) is 7.26. The first-order chi connectivity index (χ1) is 11.2. The fourth-order valence-electron chi connectivity index (χ4n) is 3.15. The molecule has 6 heteroatoms. The van der Waals surface area contributed by atoms with Crippen LogP contribution in [0.25, 0.3) is 0 Å². The summed E-state index contributed by atoms with van der Waals surface area (Å²) in [6.07, 6.45) is 9.87. The van der Waals surface area contributed by atoms with Gasteiger partial charge in [-0.05, 0) is 37.8 Å². The van der Waals surface area contributed by atoms with Crippen molar-refractivity contribution in [2.45, 2.75) is 50.7 Å². The van der Waals surface area contributed by atoms with Crippen LogP contribution in [0.2, 0.25) is 0 Å². The van der Waals surface area contributed by atoms with E-state index in [0.29, 0.717) is 19.0 Å². The lowest BCUT2D eigenvalue weighted by Gasteiger charge is -2.29. The number of aryl methyl sites for hydroxylation is 1. The fourth-order valence-corrected chi connectivity index (χ4v) is 3.15. The number of nitrogens with zero attached hydrogens (tertiary/aromatic N) is 3. The maximum atomic E-state index is 12.1. The lowest BCUT2D eigenvalue weighted by Crippen LogP contribution is -2.38. The van der Waals surface area contributed by atoms with E-state index < -0.39 is 0 Å². The van der Waals surface area contributed by atoms with Crippen LogP contribution in [0.5, 0.6) is 0 Å². The van der Waals surface area contributed by atoms with Crippen molar-refractivity contribution in [3.63, 3.8) is 0 Å². The third-order valence-corrected chi connectivity index (χ3v) is 4.44. The normalized spacial score (nSPS) is 21.0. The van der Waals surface area contributed by atoms with Crippen molar-refractivity contribution in [2.24, 2.45) is 0 Å². The molecular formula is C17H22N4O2. The van der Waals surface area contributed by atoms with Crippen molar-refractivity contribution in [2.75, 3.05) is 0 Å². The van der Waals surface area contributed by atoms with Crippen LogP contribution < -0.4 is 10.9 Å². The third-order valence-electron chi connectivity index (χ3n) is 4.44. The Labute approximate surface area is 135 Å². The summed E-state index contributed by atoms with van der Waals surface area (Å²) < 4.78 is 3.58. The van der Waals surface area contributed by atoms with E-state index in [0.717, 1.165) is 25.7 Å². The van der Waals surface area contributed by atoms with Crippen LogP contribution in [0.1, 0.15) is 38.1 Å². The van der Waals surface area contributed by atoms with E-state index in [-0.39, 0.29) is 17.5 Å². The molecule has 0 aliphatic heterocycles. The summed E-state index contributed by atoms with van der Waals surface area (Å²) in [5.74, 6) is 0.0169. The molecule has 0 spiro atoms. The molecule has 1 N–H and O–H groups in total. The van der Waals surface area contributed by atoms with Crippen molar-refractivity contribution in [3.8, 4) is 0 Å². The quantitative estimate of drug-likeness (QED) is 0.914. The van der Waals surface area contributed by atoms with Crippen LogP contribution in [0.4, 0.5) is 0 Å². The zero-order chi connectivity index (χ0) is 16.1. The van der Waals surface area contributed by atoms with Gasteiger partial charge in [0.2, 0.25) is 5.91 Å². The van der Waals surface area contributed by atoms with Gasteiger partial charge in [0, 0.05) is 43.7 Å². The highest BCUT2D eigenvalue weighted by atomic mass is 16.2. The van der Waals surface area contributed by atoms with Crippen LogP contribution in [0.15, 0.2) is 47.7 Å². The Bertz CT molecular complexity index is 685. The van der Waals surface area contributed by atoms with Gasteiger partial charge in [-0.3, -0.25) is 14.3 Å². The molecule has 1 amide bonds. The van der Waals surface area contributed by atoms with Crippen LogP contribution in [0, 0.1) is 0 Å². The summed E-state index contributed by atoms with van der Waals surface area (Å²) in [5.41, 5.74) is -0.0694. The SMILES string of the molecule is O=C(CCn1ccccc1=O)NC1CCC(n2cccn2)CC1. The smallest absolute Gasteiger partial charge is 0.250 e. The topological polar surface area (TPSA) is 68.9 Å². The predicted molar refractivity (Wildman–Crippen MR) is 87.0 cm³/mol. The molecule has 3 rings (SSSR count). The van der Waals surface area contributed by atoms with Crippen molar-refractivity contribution in [1.82, 2.24) is 19.7 Å². The summed E-state index contributed by atoms with van der Waals surface area (Å²) in [6, 6.07) is 7.64. The maximum absolute atomic E-state index is 12.1. The Morgan fingerprint density at radius 2 is 2.00 bits per heavy atom. The zero-order valence-electron chi connectivity index (χ0n) is 13.1. The van der Waals surface area contributed by atoms with Gasteiger partial charge in [0.15, 0.2) is 0 Å². The molecule has 0 unspecified atom stereocenters. The highest BCUT2D eigenvalue weighted by molar-refractivity contribution is 5.76. The molecule has 0 atom stereocenters. The number of carbonyl (C=O) groups is 1. The molecule has 2 heterocycles. The summed E-state index contributed by atoms with van der Waals surface area (Å²) in [4.78, 5) is 23.7. The number of hydrogen-bond donors (Lipinski definition) is 1. The molecule has 1 aliphatic rings. The van der Waals surface area contributed by atoms with Gasteiger partial charge in [-0.1, -0.05) is 6.07 Å². The Kier molecular flexibility index (Phi) is 4.90. The van der Waals surface area contributed by atoms with E-state index in [4.69, 9.17) is 0 Å². The summed E-state index contributed by atoms with van der Waals surface area (Å²) in [7, 11) is 0. The Morgan fingerprint density at radius 3 is 2.70 bits per heavy atom. The minimum atomic E-state index is -0.0694. The van der Waals surface area contributed by atoms with Crippen molar-refractivity contribution in [3.05, 3.63) is 53.2 Å². The summed E-state index contributed by atoms with van der Waals surface area (Å²) >= 11 is 0.